The van der Waals surface area contributed by atoms with Crippen molar-refractivity contribution >= 4 is 16.0 Å². The third kappa shape index (κ3) is 13.5. The van der Waals surface area contributed by atoms with Gasteiger partial charge < -0.3 is 15.3 Å². The molecule has 0 atom stereocenters. The average molecular weight is 310 g/mol. The van der Waals surface area contributed by atoms with E-state index < -0.39 is 10.1 Å². The molecule has 0 bridgehead atoms. The Morgan fingerprint density at radius 3 is 2.30 bits per heavy atom. The standard InChI is InChI=1S/C12H24N2O4S.H2O/c1-4-12(15)13-8-5-6-9-14(2,3)10-7-11-19(16,17)18;/h4H,1,5-11H2,2-3H3,(H-,13,15,16,17,18);1H2. The van der Waals surface area contributed by atoms with Crippen LogP contribution in [0.15, 0.2) is 12.7 Å². The van der Waals surface area contributed by atoms with Gasteiger partial charge in [-0.15, -0.1) is 0 Å². The van der Waals surface area contributed by atoms with Crippen LogP contribution in [0.5, 0.6) is 0 Å². The first-order chi connectivity index (χ1) is 8.66. The second-order valence-electron chi connectivity index (χ2n) is 5.22. The third-order valence-electron chi connectivity index (χ3n) is 2.84. The first kappa shape index (κ1) is 21.3. The van der Waals surface area contributed by atoms with E-state index in [1.165, 1.54) is 6.08 Å². The highest BCUT2D eigenvalue weighted by atomic mass is 32.2. The number of hydrogen-bond acceptors (Lipinski definition) is 4. The summed E-state index contributed by atoms with van der Waals surface area (Å²) in [6.45, 7) is 5.58. The Morgan fingerprint density at radius 2 is 1.80 bits per heavy atom. The number of nitrogens with one attached hydrogen (secondary N) is 1. The lowest BCUT2D eigenvalue weighted by molar-refractivity contribution is -0.890. The highest BCUT2D eigenvalue weighted by Crippen LogP contribution is 2.04. The zero-order valence-corrected chi connectivity index (χ0v) is 13.0. The van der Waals surface area contributed by atoms with Crippen LogP contribution in [0, 0.1) is 0 Å². The Kier molecular flexibility index (Phi) is 10.5. The predicted molar refractivity (Wildman–Crippen MR) is 77.3 cm³/mol. The molecule has 0 fully saturated rings. The van der Waals surface area contributed by atoms with E-state index in [-0.39, 0.29) is 17.1 Å². The third-order valence-corrected chi connectivity index (χ3v) is 3.65. The molecule has 0 aromatic heterocycles. The van der Waals surface area contributed by atoms with E-state index >= 15 is 0 Å². The monoisotopic (exact) mass is 310 g/mol. The van der Waals surface area contributed by atoms with Crippen molar-refractivity contribution in [2.24, 2.45) is 0 Å². The van der Waals surface area contributed by atoms with Gasteiger partial charge in [0.05, 0.1) is 32.9 Å². The van der Waals surface area contributed by atoms with Gasteiger partial charge in [0.2, 0.25) is 5.91 Å². The van der Waals surface area contributed by atoms with Crippen molar-refractivity contribution < 1.29 is 27.7 Å². The first-order valence-corrected chi connectivity index (χ1v) is 7.95. The quantitative estimate of drug-likeness (QED) is 0.260. The lowest BCUT2D eigenvalue weighted by Gasteiger charge is -2.29. The zero-order valence-electron chi connectivity index (χ0n) is 12.2. The molecule has 0 aromatic rings. The lowest BCUT2D eigenvalue weighted by atomic mass is 10.2. The van der Waals surface area contributed by atoms with Crippen molar-refractivity contribution in [3.8, 4) is 0 Å². The van der Waals surface area contributed by atoms with Gasteiger partial charge in [0.15, 0.2) is 0 Å². The van der Waals surface area contributed by atoms with Crippen LogP contribution in [0.1, 0.15) is 19.3 Å². The Morgan fingerprint density at radius 1 is 1.25 bits per heavy atom. The maximum absolute atomic E-state index is 10.9. The molecule has 0 saturated carbocycles. The van der Waals surface area contributed by atoms with Gasteiger partial charge in [0.1, 0.15) is 0 Å². The topological polar surface area (TPSA) is 113 Å². The summed E-state index contributed by atoms with van der Waals surface area (Å²) in [4.78, 5) is 10.9. The molecule has 0 radical (unpaired) electrons. The van der Waals surface area contributed by atoms with E-state index in [0.717, 1.165) is 19.4 Å². The summed E-state index contributed by atoms with van der Waals surface area (Å²) < 4.78 is 30.6. The highest BCUT2D eigenvalue weighted by molar-refractivity contribution is 7.85. The minimum atomic E-state index is -3.86. The maximum Gasteiger partial charge on any atom is 0.265 e. The van der Waals surface area contributed by atoms with Crippen molar-refractivity contribution in [1.29, 1.82) is 0 Å². The summed E-state index contributed by atoms with van der Waals surface area (Å²) in [6, 6.07) is 0. The molecule has 0 spiro atoms. The Hall–Kier alpha value is -0.960. The lowest BCUT2D eigenvalue weighted by Crippen LogP contribution is -2.42. The van der Waals surface area contributed by atoms with Crippen LogP contribution >= 0.6 is 0 Å². The predicted octanol–water partition coefficient (Wildman–Crippen LogP) is 0.246. The minimum Gasteiger partial charge on any atom is -0.870 e. The van der Waals surface area contributed by atoms with Crippen molar-refractivity contribution in [2.75, 3.05) is 39.5 Å². The van der Waals surface area contributed by atoms with E-state index in [1.54, 1.807) is 0 Å². The van der Waals surface area contributed by atoms with Crippen molar-refractivity contribution in [3.63, 3.8) is 0 Å². The van der Waals surface area contributed by atoms with Gasteiger partial charge in [-0.25, -0.2) is 0 Å². The average Bonchev–Trinajstić information content (AvgIpc) is 2.25. The molecule has 0 rings (SSSR count). The molecule has 20 heavy (non-hydrogen) atoms. The van der Waals surface area contributed by atoms with E-state index in [9.17, 15) is 13.2 Å². The molecular weight excluding hydrogens is 284 g/mol. The number of rotatable bonds is 10. The van der Waals surface area contributed by atoms with Crippen LogP contribution < -0.4 is 5.32 Å². The summed E-state index contributed by atoms with van der Waals surface area (Å²) in [5, 5.41) is 2.71. The van der Waals surface area contributed by atoms with Gasteiger partial charge in [0.25, 0.3) is 10.1 Å². The molecule has 8 heteroatoms. The Balaban J connectivity index is 0. The molecule has 120 valence electrons. The largest absolute Gasteiger partial charge is 0.870 e. The molecule has 0 unspecified atom stereocenters. The fourth-order valence-corrected chi connectivity index (χ4v) is 2.23. The summed E-state index contributed by atoms with van der Waals surface area (Å²) in [6.07, 6.45) is 3.50. The number of carbonyl (C=O) groups is 1. The second kappa shape index (κ2) is 9.87. The Labute approximate surface area is 121 Å². The normalized spacial score (nSPS) is 11.6. The summed E-state index contributed by atoms with van der Waals surface area (Å²) >= 11 is 0. The smallest absolute Gasteiger partial charge is 0.265 e. The van der Waals surface area contributed by atoms with E-state index in [0.29, 0.717) is 24.0 Å². The van der Waals surface area contributed by atoms with Crippen molar-refractivity contribution in [2.45, 2.75) is 19.3 Å². The SMILES string of the molecule is C=CC(=O)NCCCC[N+](C)(C)CCCS(=O)(=O)O.[OH-]. The first-order valence-electron chi connectivity index (χ1n) is 6.34. The second-order valence-corrected chi connectivity index (χ2v) is 6.80. The van der Waals surface area contributed by atoms with E-state index in [4.69, 9.17) is 4.55 Å². The summed E-state index contributed by atoms with van der Waals surface area (Å²) in [5.41, 5.74) is 0. The molecule has 0 aliphatic carbocycles. The molecule has 1 amide bonds. The maximum atomic E-state index is 10.9. The van der Waals surface area contributed by atoms with Crippen LogP contribution in [0.2, 0.25) is 0 Å². The van der Waals surface area contributed by atoms with E-state index in [1.807, 2.05) is 14.1 Å². The van der Waals surface area contributed by atoms with Gasteiger partial charge in [0, 0.05) is 13.0 Å². The minimum absolute atomic E-state index is 0. The number of carbonyl (C=O) groups excluding carboxylic acids is 1. The number of hydrogen-bond donors (Lipinski definition) is 2. The molecule has 3 N–H and O–H groups in total. The van der Waals surface area contributed by atoms with Crippen LogP contribution in [-0.4, -0.2) is 68.3 Å². The van der Waals surface area contributed by atoms with Crippen molar-refractivity contribution in [3.05, 3.63) is 12.7 Å². The summed E-state index contributed by atoms with van der Waals surface area (Å²) in [7, 11) is 0.185. The van der Waals surface area contributed by atoms with Gasteiger partial charge >= 0.3 is 0 Å². The Bertz CT molecular complexity index is 393. The molecule has 0 aliphatic rings. The number of nitrogens with zero attached hydrogens (tertiary/aromatic N) is 1. The summed E-state index contributed by atoms with van der Waals surface area (Å²) in [5.74, 6) is -0.355. The van der Waals surface area contributed by atoms with Crippen LogP contribution in [-0.2, 0) is 14.9 Å². The van der Waals surface area contributed by atoms with Crippen LogP contribution in [0.3, 0.4) is 0 Å². The van der Waals surface area contributed by atoms with Crippen LogP contribution in [0.4, 0.5) is 0 Å². The molecular formula is C12H26N2O5S. The number of quaternary nitrogens is 1. The van der Waals surface area contributed by atoms with Gasteiger partial charge in [-0.2, -0.15) is 8.42 Å². The fraction of sp³-hybridized carbons (Fsp3) is 0.750. The zero-order chi connectivity index (χ0) is 14.9. The van der Waals surface area contributed by atoms with Gasteiger partial charge in [-0.3, -0.25) is 9.35 Å². The molecule has 0 aliphatic heterocycles. The van der Waals surface area contributed by atoms with E-state index in [2.05, 4.69) is 11.9 Å². The molecule has 0 saturated heterocycles. The number of unbranched alkanes of at least 4 members (excludes halogenated alkanes) is 1. The van der Waals surface area contributed by atoms with Crippen molar-refractivity contribution in [1.82, 2.24) is 5.32 Å². The molecule has 0 aromatic carbocycles. The van der Waals surface area contributed by atoms with Crippen LogP contribution in [0.25, 0.3) is 0 Å². The molecule has 7 nitrogen and oxygen atoms in total. The highest BCUT2D eigenvalue weighted by Gasteiger charge is 2.16. The fourth-order valence-electron chi connectivity index (χ4n) is 1.74. The molecule has 0 heterocycles. The van der Waals surface area contributed by atoms with Gasteiger partial charge in [-0.1, -0.05) is 6.58 Å². The van der Waals surface area contributed by atoms with Gasteiger partial charge in [-0.05, 0) is 18.9 Å². The number of amides is 1.